The van der Waals surface area contributed by atoms with Gasteiger partial charge in [0.05, 0.1) is 23.1 Å². The van der Waals surface area contributed by atoms with E-state index in [9.17, 15) is 14.7 Å². The number of para-hydroxylation sites is 1. The molecular formula is C29H33N3O4. The molecule has 1 atom stereocenters. The number of carboxylic acid groups (broad SMARTS) is 1. The summed E-state index contributed by atoms with van der Waals surface area (Å²) < 4.78 is 5.37. The van der Waals surface area contributed by atoms with Crippen molar-refractivity contribution < 1.29 is 19.4 Å². The number of benzene rings is 2. The average molecular weight is 488 g/mol. The molecule has 1 aliphatic rings. The van der Waals surface area contributed by atoms with E-state index in [1.54, 1.807) is 19.2 Å². The second-order valence-electron chi connectivity index (χ2n) is 7.49. The van der Waals surface area contributed by atoms with Gasteiger partial charge in [0.25, 0.3) is 0 Å². The smallest absolute Gasteiger partial charge is 0.335 e. The molecule has 2 aromatic carbocycles. The zero-order valence-electron chi connectivity index (χ0n) is 21.3. The van der Waals surface area contributed by atoms with Gasteiger partial charge in [-0.1, -0.05) is 68.5 Å². The number of nitrogens with zero attached hydrogens (tertiary/aromatic N) is 2. The number of amides is 1. The maximum absolute atomic E-state index is 12.0. The van der Waals surface area contributed by atoms with Crippen LogP contribution in [0.1, 0.15) is 36.7 Å². The SMILES string of the molecule is CC.CNc1ccccc1C(=N/N(C=O)c1cccc(C(=O)O)c1)/C(C)=C/C1=CC=CC(OC)C=C1. The van der Waals surface area contributed by atoms with Crippen molar-refractivity contribution >= 4 is 29.5 Å². The fourth-order valence-electron chi connectivity index (χ4n) is 3.46. The summed E-state index contributed by atoms with van der Waals surface area (Å²) in [5.74, 6) is -1.08. The van der Waals surface area contributed by atoms with Crippen LogP contribution in [0.3, 0.4) is 0 Å². The van der Waals surface area contributed by atoms with Crippen molar-refractivity contribution in [2.45, 2.75) is 26.9 Å². The van der Waals surface area contributed by atoms with Gasteiger partial charge in [-0.3, -0.25) is 4.79 Å². The predicted octanol–water partition coefficient (Wildman–Crippen LogP) is 5.83. The van der Waals surface area contributed by atoms with Crippen LogP contribution in [0.25, 0.3) is 0 Å². The summed E-state index contributed by atoms with van der Waals surface area (Å²) in [4.78, 5) is 23.4. The van der Waals surface area contributed by atoms with Crippen LogP contribution in [0.15, 0.2) is 101 Å². The van der Waals surface area contributed by atoms with Crippen LogP contribution in [0.2, 0.25) is 0 Å². The molecule has 0 fully saturated rings. The van der Waals surface area contributed by atoms with Crippen LogP contribution in [0.4, 0.5) is 11.4 Å². The van der Waals surface area contributed by atoms with Gasteiger partial charge in [0, 0.05) is 25.4 Å². The van der Waals surface area contributed by atoms with Gasteiger partial charge < -0.3 is 15.2 Å². The molecule has 1 aliphatic carbocycles. The molecule has 2 N–H and O–H groups in total. The van der Waals surface area contributed by atoms with Crippen LogP contribution in [-0.4, -0.2) is 43.5 Å². The first-order valence-corrected chi connectivity index (χ1v) is 11.7. The number of hydrogen-bond donors (Lipinski definition) is 2. The number of methoxy groups -OCH3 is 1. The van der Waals surface area contributed by atoms with Gasteiger partial charge in [-0.2, -0.15) is 5.10 Å². The third-order valence-electron chi connectivity index (χ3n) is 5.21. The number of hydrazone groups is 1. The number of rotatable bonds is 9. The molecule has 188 valence electrons. The number of hydrogen-bond acceptors (Lipinski definition) is 5. The number of anilines is 2. The highest BCUT2D eigenvalue weighted by Gasteiger charge is 2.15. The fourth-order valence-corrected chi connectivity index (χ4v) is 3.46. The zero-order chi connectivity index (χ0) is 26.5. The maximum Gasteiger partial charge on any atom is 0.335 e. The Labute approximate surface area is 212 Å². The van der Waals surface area contributed by atoms with Crippen LogP contribution < -0.4 is 10.3 Å². The van der Waals surface area contributed by atoms with E-state index >= 15 is 0 Å². The van der Waals surface area contributed by atoms with E-state index < -0.39 is 5.97 Å². The third kappa shape index (κ3) is 7.38. The van der Waals surface area contributed by atoms with E-state index in [-0.39, 0.29) is 11.7 Å². The topological polar surface area (TPSA) is 91.2 Å². The first kappa shape index (κ1) is 28.0. The Hall–Kier alpha value is -4.23. The lowest BCUT2D eigenvalue weighted by Gasteiger charge is -2.18. The van der Waals surface area contributed by atoms with Crippen molar-refractivity contribution in [1.82, 2.24) is 0 Å². The van der Waals surface area contributed by atoms with Crippen molar-refractivity contribution in [2.24, 2.45) is 5.10 Å². The maximum atomic E-state index is 12.0. The second kappa shape index (κ2) is 14.2. The average Bonchev–Trinajstić information content (AvgIpc) is 3.15. The Morgan fingerprint density at radius 2 is 1.89 bits per heavy atom. The van der Waals surface area contributed by atoms with E-state index in [1.165, 1.54) is 12.1 Å². The number of carbonyl (C=O) groups excluding carboxylic acids is 1. The van der Waals surface area contributed by atoms with Crippen LogP contribution in [0.5, 0.6) is 0 Å². The predicted molar refractivity (Wildman–Crippen MR) is 147 cm³/mol. The largest absolute Gasteiger partial charge is 0.478 e. The quantitative estimate of drug-likeness (QED) is 0.264. The standard InChI is InChI=1S/C27H27N3O4.C2H6/c1-19(16-20-8-6-11-23(34-3)15-14-20)26(24-12-4-5-13-25(24)28-2)29-30(18-31)22-10-7-9-21(17-22)27(32)33;1-2/h4-18,23,28H,1-3H3,(H,32,33);1-2H3/b19-16+,29-26+;. The first-order valence-electron chi connectivity index (χ1n) is 11.7. The monoisotopic (exact) mass is 487 g/mol. The van der Waals surface area contributed by atoms with Gasteiger partial charge in [-0.25, -0.2) is 9.80 Å². The van der Waals surface area contributed by atoms with Gasteiger partial charge in [-0.05, 0) is 48.4 Å². The highest BCUT2D eigenvalue weighted by molar-refractivity contribution is 6.16. The second-order valence-corrected chi connectivity index (χ2v) is 7.49. The molecule has 0 aromatic heterocycles. The Kier molecular flexibility index (Phi) is 11.1. The molecule has 1 unspecified atom stereocenters. The number of aromatic carboxylic acids is 1. The summed E-state index contributed by atoms with van der Waals surface area (Å²) in [6, 6.07) is 13.7. The number of carbonyl (C=O) groups is 2. The first-order chi connectivity index (χ1) is 17.5. The van der Waals surface area contributed by atoms with Crippen LogP contribution in [-0.2, 0) is 9.53 Å². The minimum absolute atomic E-state index is 0.0669. The number of ether oxygens (including phenoxy) is 1. The van der Waals surface area contributed by atoms with Gasteiger partial charge >= 0.3 is 5.97 Å². The van der Waals surface area contributed by atoms with Gasteiger partial charge in [-0.15, -0.1) is 0 Å². The van der Waals surface area contributed by atoms with Crippen molar-refractivity contribution in [3.05, 3.63) is 107 Å². The molecule has 1 amide bonds. The lowest BCUT2D eigenvalue weighted by atomic mass is 9.99. The Morgan fingerprint density at radius 1 is 1.14 bits per heavy atom. The van der Waals surface area contributed by atoms with E-state index in [2.05, 4.69) is 10.4 Å². The van der Waals surface area contributed by atoms with Gasteiger partial charge in [0.2, 0.25) is 6.41 Å². The molecule has 0 spiro atoms. The van der Waals surface area contributed by atoms with E-state index in [0.717, 1.165) is 27.4 Å². The van der Waals surface area contributed by atoms with Crippen LogP contribution in [0, 0.1) is 0 Å². The Bertz CT molecular complexity index is 1210. The number of allylic oxidation sites excluding steroid dienone is 6. The summed E-state index contributed by atoms with van der Waals surface area (Å²) in [6.07, 6.45) is 12.2. The molecule has 0 bridgehead atoms. The zero-order valence-corrected chi connectivity index (χ0v) is 21.3. The molecule has 0 saturated carbocycles. The minimum atomic E-state index is -1.08. The normalized spacial score (nSPS) is 15.2. The number of nitrogens with one attached hydrogen (secondary N) is 1. The van der Waals surface area contributed by atoms with E-state index in [0.29, 0.717) is 17.8 Å². The Balaban J connectivity index is 0.00000222. The Morgan fingerprint density at radius 3 is 2.56 bits per heavy atom. The van der Waals surface area contributed by atoms with Crippen molar-refractivity contribution in [3.8, 4) is 0 Å². The fraction of sp³-hybridized carbons (Fsp3) is 0.207. The van der Waals surface area contributed by atoms with Gasteiger partial charge in [0.15, 0.2) is 0 Å². The molecule has 7 nitrogen and oxygen atoms in total. The molecule has 36 heavy (non-hydrogen) atoms. The van der Waals surface area contributed by atoms with E-state index in [4.69, 9.17) is 4.74 Å². The third-order valence-corrected chi connectivity index (χ3v) is 5.21. The molecule has 2 aromatic rings. The van der Waals surface area contributed by atoms with Crippen molar-refractivity contribution in [1.29, 1.82) is 0 Å². The van der Waals surface area contributed by atoms with Crippen LogP contribution >= 0.6 is 0 Å². The summed E-state index contributed by atoms with van der Waals surface area (Å²) in [7, 11) is 3.47. The van der Waals surface area contributed by atoms with E-state index in [1.807, 2.05) is 88.5 Å². The number of carboxylic acids is 1. The molecule has 0 heterocycles. The summed E-state index contributed by atoms with van der Waals surface area (Å²) >= 11 is 0. The highest BCUT2D eigenvalue weighted by atomic mass is 16.5. The molecule has 0 radical (unpaired) electrons. The summed E-state index contributed by atoms with van der Waals surface area (Å²) in [6.45, 7) is 5.92. The molecular weight excluding hydrogens is 454 g/mol. The molecule has 0 saturated heterocycles. The minimum Gasteiger partial charge on any atom is -0.478 e. The van der Waals surface area contributed by atoms with Crippen molar-refractivity contribution in [2.75, 3.05) is 24.5 Å². The lowest BCUT2D eigenvalue weighted by Crippen LogP contribution is -2.19. The molecule has 0 aliphatic heterocycles. The summed E-state index contributed by atoms with van der Waals surface area (Å²) in [5, 5.41) is 18.3. The molecule has 7 heteroatoms. The molecule has 3 rings (SSSR count). The lowest BCUT2D eigenvalue weighted by molar-refractivity contribution is -0.107. The summed E-state index contributed by atoms with van der Waals surface area (Å²) in [5.41, 5.74) is 4.35. The van der Waals surface area contributed by atoms with Gasteiger partial charge in [0.1, 0.15) is 0 Å². The van der Waals surface area contributed by atoms with Crippen molar-refractivity contribution in [3.63, 3.8) is 0 Å². The highest BCUT2D eigenvalue weighted by Crippen LogP contribution is 2.23.